The van der Waals surface area contributed by atoms with Crippen molar-refractivity contribution in [2.24, 2.45) is 0 Å². The third-order valence-corrected chi connectivity index (χ3v) is 7.04. The molecule has 3 atom stereocenters. The number of aromatic hydroxyl groups is 1. The lowest BCUT2D eigenvalue weighted by Crippen LogP contribution is -2.67. The van der Waals surface area contributed by atoms with Crippen molar-refractivity contribution < 1.29 is 19.4 Å². The summed E-state index contributed by atoms with van der Waals surface area (Å²) in [5, 5.41) is 19.8. The van der Waals surface area contributed by atoms with Crippen LogP contribution in [0.4, 0.5) is 4.39 Å². The van der Waals surface area contributed by atoms with Crippen molar-refractivity contribution in [3.63, 3.8) is 0 Å². The zero-order valence-corrected chi connectivity index (χ0v) is 17.5. The number of carboxylic acids is 1. The molecule has 2 aliphatic rings. The fourth-order valence-electron chi connectivity index (χ4n) is 5.51. The Morgan fingerprint density at radius 2 is 2.00 bits per heavy atom. The molecule has 1 heterocycles. The number of rotatable bonds is 6. The molecule has 2 aromatic rings. The number of carboxylic acid groups (broad SMARTS) is 1. The number of fused-ring (bicyclic) bond motifs is 4. The molecule has 160 valence electrons. The van der Waals surface area contributed by atoms with Crippen LogP contribution in [0.1, 0.15) is 30.0 Å². The molecule has 1 aliphatic carbocycles. The summed E-state index contributed by atoms with van der Waals surface area (Å²) in [6, 6.07) is 12.2. The van der Waals surface area contributed by atoms with E-state index in [0.717, 1.165) is 30.5 Å². The highest BCUT2D eigenvalue weighted by molar-refractivity contribution is 5.69. The summed E-state index contributed by atoms with van der Waals surface area (Å²) in [6.07, 6.45) is 2.39. The fraction of sp³-hybridized carbons (Fsp3) is 0.458. The van der Waals surface area contributed by atoms with Crippen molar-refractivity contribution in [1.29, 1.82) is 0 Å². The Labute approximate surface area is 176 Å². The molecule has 1 aliphatic heterocycles. The van der Waals surface area contributed by atoms with Crippen molar-refractivity contribution in [3.8, 4) is 5.75 Å². The van der Waals surface area contributed by atoms with Crippen LogP contribution in [0, 0.1) is 5.82 Å². The second-order valence-corrected chi connectivity index (χ2v) is 8.95. The molecule has 30 heavy (non-hydrogen) atoms. The Kier molecular flexibility index (Phi) is 5.55. The van der Waals surface area contributed by atoms with E-state index in [1.54, 1.807) is 18.2 Å². The van der Waals surface area contributed by atoms with Crippen LogP contribution in [0.2, 0.25) is 0 Å². The minimum Gasteiger partial charge on any atom is -0.508 e. The molecule has 2 aromatic carbocycles. The summed E-state index contributed by atoms with van der Waals surface area (Å²) in [5.74, 6) is -0.865. The Bertz CT molecular complexity index is 933. The highest BCUT2D eigenvalue weighted by Gasteiger charge is 2.52. The number of nitrogens with zero attached hydrogens (tertiary/aromatic N) is 2. The summed E-state index contributed by atoms with van der Waals surface area (Å²) >= 11 is 0. The van der Waals surface area contributed by atoms with Crippen LogP contribution in [-0.2, 0) is 23.1 Å². The monoisotopic (exact) mass is 412 g/mol. The minimum atomic E-state index is -0.847. The van der Waals surface area contributed by atoms with Crippen molar-refractivity contribution in [3.05, 3.63) is 65.0 Å². The first-order valence-corrected chi connectivity index (χ1v) is 10.5. The largest absolute Gasteiger partial charge is 0.508 e. The molecule has 0 amide bonds. The van der Waals surface area contributed by atoms with E-state index in [2.05, 4.69) is 23.8 Å². The third kappa shape index (κ3) is 3.82. The first kappa shape index (κ1) is 20.8. The molecular weight excluding hydrogens is 383 g/mol. The van der Waals surface area contributed by atoms with Gasteiger partial charge in [0.25, 0.3) is 0 Å². The molecule has 1 saturated heterocycles. The Balaban J connectivity index is 1.69. The van der Waals surface area contributed by atoms with Crippen molar-refractivity contribution in [1.82, 2.24) is 9.80 Å². The molecule has 0 radical (unpaired) electrons. The number of hydrogen-bond donors (Lipinski definition) is 2. The van der Waals surface area contributed by atoms with Crippen LogP contribution in [0.15, 0.2) is 42.5 Å². The first-order chi connectivity index (χ1) is 14.3. The summed E-state index contributed by atoms with van der Waals surface area (Å²) < 4.78 is 13.3. The number of benzene rings is 2. The molecule has 1 fully saturated rings. The predicted molar refractivity (Wildman–Crippen MR) is 113 cm³/mol. The molecule has 0 saturated carbocycles. The molecular formula is C24H29FN2O3. The Hall–Kier alpha value is -2.44. The number of halogens is 1. The molecule has 0 aromatic heterocycles. The average Bonchev–Trinajstić information content (AvgIpc) is 2.70. The quantitative estimate of drug-likeness (QED) is 0.764. The molecule has 2 bridgehead atoms. The lowest BCUT2D eigenvalue weighted by Gasteiger charge is -2.58. The lowest BCUT2D eigenvalue weighted by atomic mass is 9.61. The van der Waals surface area contributed by atoms with E-state index < -0.39 is 5.97 Å². The van der Waals surface area contributed by atoms with Crippen LogP contribution >= 0.6 is 0 Å². The van der Waals surface area contributed by atoms with Gasteiger partial charge in [-0.15, -0.1) is 0 Å². The van der Waals surface area contributed by atoms with E-state index in [4.69, 9.17) is 0 Å². The van der Waals surface area contributed by atoms with Gasteiger partial charge in [-0.25, -0.2) is 4.39 Å². The first-order valence-electron chi connectivity index (χ1n) is 10.5. The number of phenolic OH excluding ortho intramolecular Hbond substituents is 1. The van der Waals surface area contributed by atoms with E-state index in [1.807, 2.05) is 12.1 Å². The van der Waals surface area contributed by atoms with E-state index in [0.29, 0.717) is 13.0 Å². The number of hydrogen-bond acceptors (Lipinski definition) is 4. The number of aliphatic carboxylic acids is 1. The van der Waals surface area contributed by atoms with E-state index >= 15 is 0 Å². The molecule has 2 N–H and O–H groups in total. The fourth-order valence-corrected chi connectivity index (χ4v) is 5.51. The number of piperidine rings is 1. The SMILES string of the molecule is CN1CC[C@]2(C)c3cc(O)ccc3C[C@@H]1[C@@H]2N(CCc1ccc(F)cc1)CC(=O)O. The smallest absolute Gasteiger partial charge is 0.317 e. The van der Waals surface area contributed by atoms with E-state index in [9.17, 15) is 19.4 Å². The molecule has 6 heteroatoms. The summed E-state index contributed by atoms with van der Waals surface area (Å²) in [6.45, 7) is 3.68. The summed E-state index contributed by atoms with van der Waals surface area (Å²) in [4.78, 5) is 16.2. The number of likely N-dealkylation sites (N-methyl/N-ethyl adjacent to an activating group) is 1. The predicted octanol–water partition coefficient (Wildman–Crippen LogP) is 3.05. The Morgan fingerprint density at radius 1 is 1.27 bits per heavy atom. The number of phenols is 1. The number of carbonyl (C=O) groups is 1. The lowest BCUT2D eigenvalue weighted by molar-refractivity contribution is -0.140. The van der Waals surface area contributed by atoms with E-state index in [1.165, 1.54) is 17.7 Å². The molecule has 4 rings (SSSR count). The standard InChI is InChI=1S/C24H29FN2O3/c1-24-10-12-26(2)21(13-17-5-8-19(28)14-20(17)24)23(24)27(15-22(29)30)11-9-16-3-6-18(25)7-4-16/h3-8,14,21,23,28H,9-13,15H2,1-2H3,(H,29,30)/t21-,23+,24-/m1/s1. The molecule has 0 unspecified atom stereocenters. The highest BCUT2D eigenvalue weighted by Crippen LogP contribution is 2.47. The van der Waals surface area contributed by atoms with Gasteiger partial charge in [0, 0.05) is 24.0 Å². The normalized spacial score (nSPS) is 25.9. The van der Waals surface area contributed by atoms with Gasteiger partial charge in [0.1, 0.15) is 11.6 Å². The average molecular weight is 413 g/mol. The highest BCUT2D eigenvalue weighted by atomic mass is 19.1. The van der Waals surface area contributed by atoms with Gasteiger partial charge >= 0.3 is 5.97 Å². The second kappa shape index (κ2) is 8.00. The second-order valence-electron chi connectivity index (χ2n) is 8.95. The van der Waals surface area contributed by atoms with Crippen molar-refractivity contribution >= 4 is 5.97 Å². The van der Waals surface area contributed by atoms with Crippen molar-refractivity contribution in [2.45, 2.75) is 43.7 Å². The van der Waals surface area contributed by atoms with Crippen LogP contribution in [0.25, 0.3) is 0 Å². The van der Waals surface area contributed by atoms with Gasteiger partial charge in [-0.1, -0.05) is 25.1 Å². The topological polar surface area (TPSA) is 64.0 Å². The van der Waals surface area contributed by atoms with Gasteiger partial charge in [-0.3, -0.25) is 9.69 Å². The van der Waals surface area contributed by atoms with Gasteiger partial charge in [-0.05, 0) is 73.8 Å². The molecule has 0 spiro atoms. The maximum Gasteiger partial charge on any atom is 0.317 e. The van der Waals surface area contributed by atoms with Crippen LogP contribution in [0.5, 0.6) is 5.75 Å². The zero-order valence-electron chi connectivity index (χ0n) is 17.5. The maximum atomic E-state index is 13.3. The van der Waals surface area contributed by atoms with Crippen LogP contribution in [0.3, 0.4) is 0 Å². The van der Waals surface area contributed by atoms with Crippen LogP contribution in [-0.4, -0.2) is 64.7 Å². The van der Waals surface area contributed by atoms with Crippen molar-refractivity contribution in [2.75, 3.05) is 26.7 Å². The molecule has 5 nitrogen and oxygen atoms in total. The maximum absolute atomic E-state index is 13.3. The third-order valence-electron chi connectivity index (χ3n) is 7.04. The summed E-state index contributed by atoms with van der Waals surface area (Å²) in [5.41, 5.74) is 3.11. The number of likely N-dealkylation sites (tertiary alicyclic amines) is 1. The minimum absolute atomic E-state index is 0.0158. The van der Waals surface area contributed by atoms with Gasteiger partial charge in [0.15, 0.2) is 0 Å². The summed E-state index contributed by atoms with van der Waals surface area (Å²) in [7, 11) is 2.11. The Morgan fingerprint density at radius 3 is 2.70 bits per heavy atom. The zero-order chi connectivity index (χ0) is 21.5. The van der Waals surface area contributed by atoms with Crippen LogP contribution < -0.4 is 0 Å². The van der Waals surface area contributed by atoms with Gasteiger partial charge in [0.05, 0.1) is 6.54 Å². The van der Waals surface area contributed by atoms with Gasteiger partial charge in [-0.2, -0.15) is 0 Å². The van der Waals surface area contributed by atoms with Gasteiger partial charge < -0.3 is 15.1 Å². The van der Waals surface area contributed by atoms with Gasteiger partial charge in [0.2, 0.25) is 0 Å². The van der Waals surface area contributed by atoms with E-state index in [-0.39, 0.29) is 35.6 Å².